The SMILES string of the molecule is N#Cc1ccc(-c2ccc3c(c2)c2ccccc2n3-c2cc(-c3c(C#N)cccc3C(F)(F)F)c(-n3c4ccccc4c4cc(-c5ccc(C#N)cc5C#N)ccc43)cc2C#N)c(C#N)c1. The predicted octanol–water partition coefficient (Wildman–Crippen LogP) is 13.1. The van der Waals surface area contributed by atoms with Crippen molar-refractivity contribution in [2.24, 2.45) is 0 Å². The van der Waals surface area contributed by atoms with Crippen molar-refractivity contribution >= 4 is 43.6 Å². The Labute approximate surface area is 374 Å². The summed E-state index contributed by atoms with van der Waals surface area (Å²) in [5.41, 5.74) is 5.31. The molecule has 10 aromatic rings. The smallest absolute Gasteiger partial charge is 0.309 e. The molecule has 0 aliphatic carbocycles. The molecule has 0 saturated heterocycles. The Bertz CT molecular complexity index is 4020. The van der Waals surface area contributed by atoms with E-state index >= 15 is 13.2 Å². The molecule has 0 amide bonds. The van der Waals surface area contributed by atoms with Gasteiger partial charge in [-0.1, -0.05) is 66.7 Å². The van der Waals surface area contributed by atoms with E-state index in [2.05, 4.69) is 30.3 Å². The molecular formula is C55H25F3N8. The predicted molar refractivity (Wildman–Crippen MR) is 245 cm³/mol. The highest BCUT2D eigenvalue weighted by molar-refractivity contribution is 6.13. The first kappa shape index (κ1) is 40.2. The molecule has 0 unspecified atom stereocenters. The molecular weight excluding hydrogens is 830 g/mol. The summed E-state index contributed by atoms with van der Waals surface area (Å²) >= 11 is 0. The summed E-state index contributed by atoms with van der Waals surface area (Å²) in [6.45, 7) is 0. The van der Waals surface area contributed by atoms with Crippen molar-refractivity contribution in [2.75, 3.05) is 0 Å². The lowest BCUT2D eigenvalue weighted by Gasteiger charge is -2.22. The largest absolute Gasteiger partial charge is 0.417 e. The van der Waals surface area contributed by atoms with Crippen molar-refractivity contribution in [3.8, 4) is 81.2 Å². The number of rotatable bonds is 5. The van der Waals surface area contributed by atoms with Gasteiger partial charge < -0.3 is 9.13 Å². The molecule has 0 bridgehead atoms. The molecule has 11 heteroatoms. The number of para-hydroxylation sites is 2. The number of aromatic nitrogens is 2. The number of hydrogen-bond donors (Lipinski definition) is 0. The van der Waals surface area contributed by atoms with Gasteiger partial charge in [-0.15, -0.1) is 0 Å². The van der Waals surface area contributed by atoms with Crippen molar-refractivity contribution in [1.82, 2.24) is 9.13 Å². The molecule has 0 atom stereocenters. The maximum atomic E-state index is 15.3. The Hall–Kier alpha value is -9.91. The summed E-state index contributed by atoms with van der Waals surface area (Å²) < 4.78 is 49.5. The fraction of sp³-hybridized carbons (Fsp3) is 0.0182. The van der Waals surface area contributed by atoms with E-state index < -0.39 is 11.7 Å². The first-order chi connectivity index (χ1) is 32.1. The fourth-order valence-electron chi connectivity index (χ4n) is 9.12. The molecule has 0 radical (unpaired) electrons. The van der Waals surface area contributed by atoms with Crippen molar-refractivity contribution in [3.63, 3.8) is 0 Å². The van der Waals surface area contributed by atoms with Crippen LogP contribution in [0.2, 0.25) is 0 Å². The van der Waals surface area contributed by atoms with Crippen LogP contribution in [-0.2, 0) is 6.18 Å². The number of alkyl halides is 3. The van der Waals surface area contributed by atoms with Gasteiger partial charge in [0.25, 0.3) is 0 Å². The van der Waals surface area contributed by atoms with Crippen LogP contribution in [0, 0.1) is 68.0 Å². The van der Waals surface area contributed by atoms with E-state index in [-0.39, 0.29) is 33.6 Å². The molecule has 0 N–H and O–H groups in total. The summed E-state index contributed by atoms with van der Waals surface area (Å²) in [5.74, 6) is 0. The van der Waals surface area contributed by atoms with Crippen LogP contribution in [0.3, 0.4) is 0 Å². The number of nitriles is 6. The normalized spacial score (nSPS) is 11.2. The van der Waals surface area contributed by atoms with Gasteiger partial charge >= 0.3 is 6.18 Å². The van der Waals surface area contributed by atoms with Crippen molar-refractivity contribution in [1.29, 1.82) is 31.6 Å². The average Bonchev–Trinajstić information content (AvgIpc) is 3.86. The maximum Gasteiger partial charge on any atom is 0.417 e. The van der Waals surface area contributed by atoms with Gasteiger partial charge in [0.15, 0.2) is 0 Å². The monoisotopic (exact) mass is 854 g/mol. The van der Waals surface area contributed by atoms with Gasteiger partial charge in [-0.25, -0.2) is 0 Å². The van der Waals surface area contributed by atoms with Crippen LogP contribution < -0.4 is 0 Å². The van der Waals surface area contributed by atoms with E-state index in [1.807, 2.05) is 83.4 Å². The zero-order valence-electron chi connectivity index (χ0n) is 34.1. The second-order valence-electron chi connectivity index (χ2n) is 15.5. The van der Waals surface area contributed by atoms with Crippen LogP contribution in [0.25, 0.3) is 88.4 Å². The number of nitrogens with zero attached hydrogens (tertiary/aromatic N) is 8. The Morgan fingerprint density at radius 3 is 1.33 bits per heavy atom. The van der Waals surface area contributed by atoms with Crippen LogP contribution >= 0.6 is 0 Å². The number of hydrogen-bond acceptors (Lipinski definition) is 6. The quantitative estimate of drug-likeness (QED) is 0.168. The minimum absolute atomic E-state index is 0.0397. The molecule has 306 valence electrons. The molecule has 0 aliphatic rings. The highest BCUT2D eigenvalue weighted by atomic mass is 19.4. The molecule has 8 nitrogen and oxygen atoms in total. The van der Waals surface area contributed by atoms with Crippen molar-refractivity contribution in [3.05, 3.63) is 191 Å². The van der Waals surface area contributed by atoms with Crippen LogP contribution in [0.15, 0.2) is 152 Å². The van der Waals surface area contributed by atoms with Gasteiger partial charge in [0.2, 0.25) is 0 Å². The third kappa shape index (κ3) is 6.26. The van der Waals surface area contributed by atoms with E-state index in [1.54, 1.807) is 53.1 Å². The molecule has 0 aliphatic heterocycles. The van der Waals surface area contributed by atoms with Gasteiger partial charge in [0.1, 0.15) is 6.07 Å². The second-order valence-corrected chi connectivity index (χ2v) is 15.5. The van der Waals surface area contributed by atoms with Gasteiger partial charge in [-0.3, -0.25) is 0 Å². The van der Waals surface area contributed by atoms with E-state index in [0.717, 1.165) is 22.2 Å². The lowest BCUT2D eigenvalue weighted by atomic mass is 9.91. The van der Waals surface area contributed by atoms with E-state index in [4.69, 9.17) is 0 Å². The van der Waals surface area contributed by atoms with Gasteiger partial charge in [-0.05, 0) is 107 Å². The summed E-state index contributed by atoms with van der Waals surface area (Å²) in [6.07, 6.45) is -4.89. The summed E-state index contributed by atoms with van der Waals surface area (Å²) in [7, 11) is 0. The van der Waals surface area contributed by atoms with E-state index in [0.29, 0.717) is 72.0 Å². The summed E-state index contributed by atoms with van der Waals surface area (Å²) in [6, 6.07) is 55.0. The minimum Gasteiger partial charge on any atom is -0.309 e. The van der Waals surface area contributed by atoms with Crippen LogP contribution in [0.5, 0.6) is 0 Å². The van der Waals surface area contributed by atoms with Crippen LogP contribution in [0.4, 0.5) is 13.2 Å². The Balaban J connectivity index is 1.30. The van der Waals surface area contributed by atoms with Gasteiger partial charge in [-0.2, -0.15) is 44.7 Å². The molecule has 0 saturated carbocycles. The Morgan fingerprint density at radius 2 is 0.848 bits per heavy atom. The van der Waals surface area contributed by atoms with Crippen LogP contribution in [-0.4, -0.2) is 9.13 Å². The van der Waals surface area contributed by atoms with Gasteiger partial charge in [0, 0.05) is 32.7 Å². The molecule has 0 spiro atoms. The lowest BCUT2D eigenvalue weighted by Crippen LogP contribution is -2.11. The fourth-order valence-corrected chi connectivity index (χ4v) is 9.12. The third-order valence-corrected chi connectivity index (χ3v) is 12.0. The van der Waals surface area contributed by atoms with Crippen molar-refractivity contribution in [2.45, 2.75) is 6.18 Å². The molecule has 0 fully saturated rings. The third-order valence-electron chi connectivity index (χ3n) is 12.0. The molecule has 66 heavy (non-hydrogen) atoms. The molecule has 2 aromatic heterocycles. The number of fused-ring (bicyclic) bond motifs is 6. The number of halogens is 3. The Morgan fingerprint density at radius 1 is 0.364 bits per heavy atom. The average molecular weight is 855 g/mol. The highest BCUT2D eigenvalue weighted by Gasteiger charge is 2.36. The zero-order chi connectivity index (χ0) is 45.9. The molecule has 8 aromatic carbocycles. The second kappa shape index (κ2) is 15.5. The molecule has 2 heterocycles. The maximum absolute atomic E-state index is 15.3. The first-order valence-electron chi connectivity index (χ1n) is 20.3. The standard InChI is InChI=1S/C55H25F3N8/c56-55(57,58)47-9-5-6-36(28-61)54(47)46-25-52(65-48-10-3-1-7-42(48)44-22-34(14-18-50(44)65)40-16-12-32(26-59)20-37(40)29-62)39(31-64)24-53(46)66-49-11-4-2-8-43(49)45-23-35(15-19-51(45)66)41-17-13-33(27-60)21-38(41)30-63/h1-25H. The lowest BCUT2D eigenvalue weighted by molar-refractivity contribution is -0.137. The molecule has 10 rings (SSSR count). The zero-order valence-corrected chi connectivity index (χ0v) is 34.1. The topological polar surface area (TPSA) is 153 Å². The first-order valence-corrected chi connectivity index (χ1v) is 20.3. The summed E-state index contributed by atoms with van der Waals surface area (Å²) in [5, 5.41) is 63.6. The number of benzene rings is 8. The van der Waals surface area contributed by atoms with Crippen molar-refractivity contribution < 1.29 is 13.2 Å². The van der Waals surface area contributed by atoms with Gasteiger partial charge in [0.05, 0.1) is 103 Å². The van der Waals surface area contributed by atoms with E-state index in [1.165, 1.54) is 24.3 Å². The minimum atomic E-state index is -4.89. The van der Waals surface area contributed by atoms with E-state index in [9.17, 15) is 31.6 Å². The highest BCUT2D eigenvalue weighted by Crippen LogP contribution is 2.46. The summed E-state index contributed by atoms with van der Waals surface area (Å²) in [4.78, 5) is 0. The van der Waals surface area contributed by atoms with Crippen LogP contribution in [0.1, 0.15) is 38.9 Å². The Kier molecular flexibility index (Phi) is 9.41.